The Hall–Kier alpha value is -2.57. The monoisotopic (exact) mass is 549 g/mol. The molecule has 1 aliphatic heterocycles. The van der Waals surface area contributed by atoms with Gasteiger partial charge in [0.25, 0.3) is 0 Å². The van der Waals surface area contributed by atoms with Crippen molar-refractivity contribution in [3.63, 3.8) is 0 Å². The molecule has 12 heteroatoms. The number of aliphatic hydroxyl groups excluding tert-OH is 1. The Morgan fingerprint density at radius 1 is 1.32 bits per heavy atom. The molecule has 34 heavy (non-hydrogen) atoms. The third-order valence-electron chi connectivity index (χ3n) is 6.55. The maximum atomic E-state index is 14.5. The van der Waals surface area contributed by atoms with Crippen LogP contribution in [0.4, 0.5) is 10.2 Å². The van der Waals surface area contributed by atoms with E-state index in [4.69, 9.17) is 26.8 Å². The molecule has 9 nitrogen and oxygen atoms in total. The van der Waals surface area contributed by atoms with Crippen LogP contribution in [0.25, 0.3) is 21.9 Å². The summed E-state index contributed by atoms with van der Waals surface area (Å²) in [4.78, 5) is 12.2. The average molecular weight is 551 g/mol. The van der Waals surface area contributed by atoms with Crippen molar-refractivity contribution < 1.29 is 24.1 Å². The third-order valence-corrected chi connectivity index (χ3v) is 7.37. The average Bonchev–Trinajstić information content (AvgIpc) is 3.38. The number of nitrogens with zero attached hydrogens (tertiary/aromatic N) is 4. The fourth-order valence-corrected chi connectivity index (χ4v) is 5.33. The summed E-state index contributed by atoms with van der Waals surface area (Å²) in [5.74, 6) is 0.295. The number of rotatable bonds is 3. The lowest BCUT2D eigenvalue weighted by molar-refractivity contribution is -0.0791. The van der Waals surface area contributed by atoms with E-state index in [1.807, 2.05) is 12.1 Å². The van der Waals surface area contributed by atoms with E-state index in [2.05, 4.69) is 30.9 Å². The van der Waals surface area contributed by atoms with Crippen LogP contribution in [-0.4, -0.2) is 53.6 Å². The first kappa shape index (κ1) is 21.9. The summed E-state index contributed by atoms with van der Waals surface area (Å²) in [5, 5.41) is 23.2. The number of benzene rings is 1. The van der Waals surface area contributed by atoms with E-state index in [-0.39, 0.29) is 22.7 Å². The molecule has 1 aliphatic carbocycles. The number of nitrogens with two attached hydrogens (primary N) is 1. The Labute approximate surface area is 205 Å². The lowest BCUT2D eigenvalue weighted by Crippen LogP contribution is -2.47. The molecule has 5 atom stereocenters. The molecule has 2 fully saturated rings. The van der Waals surface area contributed by atoms with Crippen molar-refractivity contribution >= 4 is 55.3 Å². The highest BCUT2D eigenvalue weighted by Crippen LogP contribution is 2.48. The highest BCUT2D eigenvalue weighted by atomic mass is 79.9. The van der Waals surface area contributed by atoms with Crippen LogP contribution in [0.15, 0.2) is 41.1 Å². The highest BCUT2D eigenvalue weighted by molar-refractivity contribution is 9.10. The summed E-state index contributed by atoms with van der Waals surface area (Å²) in [6, 6.07) is 7.27. The molecule has 1 aromatic carbocycles. The van der Waals surface area contributed by atoms with Crippen molar-refractivity contribution in [3.05, 3.63) is 52.2 Å². The van der Waals surface area contributed by atoms with Gasteiger partial charge >= 0.3 is 0 Å². The molecule has 3 aromatic heterocycles. The van der Waals surface area contributed by atoms with Crippen LogP contribution in [0.1, 0.15) is 19.1 Å². The van der Waals surface area contributed by atoms with E-state index in [1.165, 1.54) is 10.8 Å². The zero-order valence-corrected chi connectivity index (χ0v) is 19.7. The van der Waals surface area contributed by atoms with Crippen LogP contribution in [0.5, 0.6) is 5.75 Å². The van der Waals surface area contributed by atoms with Crippen LogP contribution < -0.4 is 10.5 Å². The van der Waals surface area contributed by atoms with Crippen LogP contribution in [0, 0.1) is 5.82 Å². The second kappa shape index (κ2) is 7.72. The molecule has 6 rings (SSSR count). The molecular formula is C22H18BrClFN5O4. The van der Waals surface area contributed by atoms with E-state index in [9.17, 15) is 14.6 Å². The van der Waals surface area contributed by atoms with Gasteiger partial charge in [0.05, 0.1) is 15.4 Å². The lowest BCUT2D eigenvalue weighted by atomic mass is 9.94. The molecule has 1 unspecified atom stereocenters. The Morgan fingerprint density at radius 3 is 2.97 bits per heavy atom. The Bertz CT molecular complexity index is 1450. The number of ether oxygens (including phenoxy) is 2. The predicted molar refractivity (Wildman–Crippen MR) is 125 cm³/mol. The van der Waals surface area contributed by atoms with Crippen LogP contribution in [0.2, 0.25) is 5.28 Å². The largest absolute Gasteiger partial charge is 0.488 e. The maximum Gasteiger partial charge on any atom is 0.224 e. The van der Waals surface area contributed by atoms with Crippen molar-refractivity contribution in [2.75, 3.05) is 5.73 Å². The highest BCUT2D eigenvalue weighted by Gasteiger charge is 2.63. The van der Waals surface area contributed by atoms with Gasteiger partial charge in [0.1, 0.15) is 41.1 Å². The third kappa shape index (κ3) is 3.26. The topological polar surface area (TPSA) is 129 Å². The number of anilines is 1. The smallest absolute Gasteiger partial charge is 0.224 e. The van der Waals surface area contributed by atoms with Gasteiger partial charge in [-0.3, -0.25) is 0 Å². The van der Waals surface area contributed by atoms with Crippen molar-refractivity contribution in [1.29, 1.82) is 0 Å². The second-order valence-electron chi connectivity index (χ2n) is 8.55. The van der Waals surface area contributed by atoms with Gasteiger partial charge < -0.3 is 30.0 Å². The van der Waals surface area contributed by atoms with Crippen molar-refractivity contribution in [1.82, 2.24) is 19.5 Å². The van der Waals surface area contributed by atoms with Crippen molar-refractivity contribution in [2.45, 2.75) is 43.0 Å². The number of hydrogen-bond donors (Lipinski definition) is 3. The molecule has 4 aromatic rings. The van der Waals surface area contributed by atoms with E-state index in [0.29, 0.717) is 28.0 Å². The van der Waals surface area contributed by atoms with Crippen LogP contribution in [-0.2, 0) is 4.74 Å². The molecule has 1 saturated heterocycles. The normalized spacial score (nSPS) is 28.6. The fraction of sp³-hybridized carbons (Fsp3) is 0.318. The van der Waals surface area contributed by atoms with Crippen LogP contribution in [0.3, 0.4) is 0 Å². The summed E-state index contributed by atoms with van der Waals surface area (Å²) in [6.45, 7) is 0. The van der Waals surface area contributed by atoms with Gasteiger partial charge in [-0.2, -0.15) is 4.98 Å². The summed E-state index contributed by atoms with van der Waals surface area (Å²) in [7, 11) is 0. The molecular weight excluding hydrogens is 533 g/mol. The van der Waals surface area contributed by atoms with Crippen molar-refractivity contribution in [2.24, 2.45) is 0 Å². The van der Waals surface area contributed by atoms with Gasteiger partial charge in [0.2, 0.25) is 5.28 Å². The van der Waals surface area contributed by atoms with E-state index in [0.717, 1.165) is 11.6 Å². The van der Waals surface area contributed by atoms with Gasteiger partial charge in [0.15, 0.2) is 12.0 Å². The van der Waals surface area contributed by atoms with Gasteiger partial charge in [-0.05, 0) is 58.6 Å². The number of nitrogen functional groups attached to an aromatic ring is 1. The summed E-state index contributed by atoms with van der Waals surface area (Å²) in [6.07, 6.45) is -0.736. The first-order chi connectivity index (χ1) is 16.2. The molecule has 0 amide bonds. The number of fused-ring (bicyclic) bond motifs is 3. The Morgan fingerprint density at radius 2 is 2.15 bits per heavy atom. The lowest BCUT2D eigenvalue weighted by Gasteiger charge is -2.26. The standard InChI is InChI=1S/C22H18BrClFN5O4/c23-12-5-9-1-2-10(6-14(9)28-18(12)26)33-15-3-4-22(32)16(31)20(34-17(15)22)30-8-13(25)11-7-27-21(24)29-19(11)30/h1-2,5-8,15-17,20,31-32H,3-4H2,(H2,26,28)/t15-,16?,17+,20+,22-/m0/s1. The van der Waals surface area contributed by atoms with Gasteiger partial charge in [-0.25, -0.2) is 14.4 Å². The Balaban J connectivity index is 1.31. The zero-order chi connectivity index (χ0) is 23.8. The van der Waals surface area contributed by atoms with Gasteiger partial charge in [-0.1, -0.05) is 0 Å². The number of halogens is 3. The molecule has 1 saturated carbocycles. The molecule has 176 valence electrons. The molecule has 0 radical (unpaired) electrons. The van der Waals surface area contributed by atoms with E-state index in [1.54, 1.807) is 12.1 Å². The fourth-order valence-electron chi connectivity index (χ4n) is 4.87. The van der Waals surface area contributed by atoms with Gasteiger partial charge in [0, 0.05) is 23.8 Å². The summed E-state index contributed by atoms with van der Waals surface area (Å²) >= 11 is 9.26. The number of pyridine rings is 1. The molecule has 2 aliphatic rings. The van der Waals surface area contributed by atoms with Crippen molar-refractivity contribution in [3.8, 4) is 5.75 Å². The molecule has 0 spiro atoms. The SMILES string of the molecule is Nc1nc2cc(O[C@H]3CC[C@]4(O)C(O)[C@H](n5cc(F)c6cnc(Cl)nc65)O[C@H]34)ccc2cc1Br. The molecule has 4 N–H and O–H groups in total. The second-order valence-corrected chi connectivity index (χ2v) is 9.74. The minimum absolute atomic E-state index is 0.0722. The zero-order valence-electron chi connectivity index (χ0n) is 17.4. The van der Waals surface area contributed by atoms with Gasteiger partial charge in [-0.15, -0.1) is 0 Å². The first-order valence-corrected chi connectivity index (χ1v) is 11.7. The predicted octanol–water partition coefficient (Wildman–Crippen LogP) is 3.35. The number of aromatic nitrogens is 4. The van der Waals surface area contributed by atoms with E-state index < -0.39 is 36.0 Å². The quantitative estimate of drug-likeness (QED) is 0.331. The maximum absolute atomic E-state index is 14.5. The molecule has 4 heterocycles. The Kier molecular flexibility index (Phi) is 4.98. The molecule has 0 bridgehead atoms. The summed E-state index contributed by atoms with van der Waals surface area (Å²) in [5.41, 5.74) is 5.13. The number of hydrogen-bond acceptors (Lipinski definition) is 8. The van der Waals surface area contributed by atoms with E-state index >= 15 is 0 Å². The minimum atomic E-state index is -1.58. The first-order valence-electron chi connectivity index (χ1n) is 10.5. The minimum Gasteiger partial charge on any atom is -0.488 e. The van der Waals surface area contributed by atoms with Crippen LogP contribution >= 0.6 is 27.5 Å². The number of aliphatic hydroxyl groups is 2. The summed E-state index contributed by atoms with van der Waals surface area (Å²) < 4.78 is 28.7.